The number of hydrogen-bond acceptors (Lipinski definition) is 3. The number of piperazine rings is 1. The zero-order chi connectivity index (χ0) is 11.4. The SMILES string of the molecule is [B]c1ccc(N2CCN(CCO)CC2)cc1. The molecule has 0 aliphatic carbocycles. The van der Waals surface area contributed by atoms with Crippen molar-refractivity contribution in [3.8, 4) is 0 Å². The number of aliphatic hydroxyl groups excluding tert-OH is 1. The molecule has 0 bridgehead atoms. The third-order valence-corrected chi connectivity index (χ3v) is 3.05. The first-order valence-electron chi connectivity index (χ1n) is 5.73. The summed E-state index contributed by atoms with van der Waals surface area (Å²) in [6.45, 7) is 5.11. The monoisotopic (exact) mass is 216 g/mol. The molecule has 1 N–H and O–H groups in total. The molecule has 1 fully saturated rings. The van der Waals surface area contributed by atoms with Crippen LogP contribution in [0.25, 0.3) is 0 Å². The molecule has 16 heavy (non-hydrogen) atoms. The number of β-amino-alcohol motifs (C(OH)–C–C–N with tert-alkyl or cyclic N) is 1. The summed E-state index contributed by atoms with van der Waals surface area (Å²) in [7, 11) is 5.66. The van der Waals surface area contributed by atoms with E-state index in [9.17, 15) is 0 Å². The van der Waals surface area contributed by atoms with E-state index in [0.29, 0.717) is 0 Å². The molecule has 2 radical (unpaired) electrons. The van der Waals surface area contributed by atoms with Crippen molar-refractivity contribution in [1.82, 2.24) is 4.90 Å². The number of benzene rings is 1. The quantitative estimate of drug-likeness (QED) is 0.696. The Hall–Kier alpha value is -0.995. The first kappa shape index (κ1) is 11.5. The lowest BCUT2D eigenvalue weighted by molar-refractivity contribution is 0.189. The van der Waals surface area contributed by atoms with Crippen LogP contribution in [0.4, 0.5) is 5.69 Å². The molecule has 1 aliphatic rings. The van der Waals surface area contributed by atoms with Crippen LogP contribution in [0.1, 0.15) is 0 Å². The lowest BCUT2D eigenvalue weighted by Crippen LogP contribution is -2.47. The van der Waals surface area contributed by atoms with Crippen molar-refractivity contribution in [2.24, 2.45) is 0 Å². The summed E-state index contributed by atoms with van der Waals surface area (Å²) in [6, 6.07) is 8.01. The zero-order valence-corrected chi connectivity index (χ0v) is 9.47. The van der Waals surface area contributed by atoms with Crippen LogP contribution >= 0.6 is 0 Å². The van der Waals surface area contributed by atoms with E-state index in [-0.39, 0.29) is 6.61 Å². The second-order valence-electron chi connectivity index (χ2n) is 4.14. The van der Waals surface area contributed by atoms with E-state index in [0.717, 1.165) is 38.2 Å². The van der Waals surface area contributed by atoms with E-state index in [1.54, 1.807) is 0 Å². The lowest BCUT2D eigenvalue weighted by Gasteiger charge is -2.35. The van der Waals surface area contributed by atoms with Gasteiger partial charge < -0.3 is 10.0 Å². The van der Waals surface area contributed by atoms with Crippen molar-refractivity contribution >= 4 is 19.0 Å². The van der Waals surface area contributed by atoms with Gasteiger partial charge in [0.2, 0.25) is 0 Å². The molecule has 0 amide bonds. The van der Waals surface area contributed by atoms with Gasteiger partial charge in [-0.1, -0.05) is 17.6 Å². The van der Waals surface area contributed by atoms with E-state index in [1.165, 1.54) is 5.69 Å². The molecular weight excluding hydrogens is 199 g/mol. The van der Waals surface area contributed by atoms with Crippen LogP contribution in [0.2, 0.25) is 0 Å². The number of rotatable bonds is 3. The smallest absolute Gasteiger partial charge is 0.113 e. The topological polar surface area (TPSA) is 26.7 Å². The van der Waals surface area contributed by atoms with Gasteiger partial charge in [0.1, 0.15) is 7.85 Å². The third-order valence-electron chi connectivity index (χ3n) is 3.05. The van der Waals surface area contributed by atoms with Crippen molar-refractivity contribution < 1.29 is 5.11 Å². The zero-order valence-electron chi connectivity index (χ0n) is 9.47. The molecule has 0 aromatic heterocycles. The number of nitrogens with zero attached hydrogens (tertiary/aromatic N) is 2. The Balaban J connectivity index is 1.91. The normalized spacial score (nSPS) is 17.7. The van der Waals surface area contributed by atoms with Gasteiger partial charge in [-0.25, -0.2) is 0 Å². The fourth-order valence-corrected chi connectivity index (χ4v) is 2.06. The molecule has 1 aromatic carbocycles. The van der Waals surface area contributed by atoms with Crippen LogP contribution < -0.4 is 10.4 Å². The van der Waals surface area contributed by atoms with Gasteiger partial charge in [-0.05, 0) is 12.1 Å². The number of anilines is 1. The van der Waals surface area contributed by atoms with Gasteiger partial charge in [0.05, 0.1) is 6.61 Å². The van der Waals surface area contributed by atoms with Crippen molar-refractivity contribution in [3.05, 3.63) is 24.3 Å². The average molecular weight is 216 g/mol. The Morgan fingerprint density at radius 2 is 1.69 bits per heavy atom. The Labute approximate surface area is 98.1 Å². The number of hydrogen-bond donors (Lipinski definition) is 1. The van der Waals surface area contributed by atoms with Crippen LogP contribution in [-0.4, -0.2) is 57.2 Å². The highest BCUT2D eigenvalue weighted by atomic mass is 16.3. The van der Waals surface area contributed by atoms with Crippen LogP contribution in [0.3, 0.4) is 0 Å². The molecular formula is C12H17BN2O. The Kier molecular flexibility index (Phi) is 3.85. The summed E-state index contributed by atoms with van der Waals surface area (Å²) in [5.41, 5.74) is 2.04. The van der Waals surface area contributed by atoms with Gasteiger partial charge in [0.15, 0.2) is 0 Å². The maximum atomic E-state index is 8.86. The molecule has 84 valence electrons. The molecule has 1 saturated heterocycles. The summed E-state index contributed by atoms with van der Waals surface area (Å²) in [4.78, 5) is 4.64. The molecule has 1 heterocycles. The van der Waals surface area contributed by atoms with E-state index >= 15 is 0 Å². The van der Waals surface area contributed by atoms with E-state index < -0.39 is 0 Å². The summed E-state index contributed by atoms with van der Waals surface area (Å²) in [5, 5.41) is 8.86. The molecule has 0 atom stereocenters. The van der Waals surface area contributed by atoms with Gasteiger partial charge in [-0.3, -0.25) is 4.90 Å². The number of aliphatic hydroxyl groups is 1. The molecule has 1 aliphatic heterocycles. The van der Waals surface area contributed by atoms with Gasteiger partial charge in [-0.15, -0.1) is 0 Å². The highest BCUT2D eigenvalue weighted by Crippen LogP contribution is 2.14. The summed E-state index contributed by atoms with van der Waals surface area (Å²) >= 11 is 0. The van der Waals surface area contributed by atoms with Crippen LogP contribution in [0, 0.1) is 0 Å². The van der Waals surface area contributed by atoms with Gasteiger partial charge in [0.25, 0.3) is 0 Å². The van der Waals surface area contributed by atoms with Crippen LogP contribution in [0.5, 0.6) is 0 Å². The highest BCUT2D eigenvalue weighted by Gasteiger charge is 2.16. The van der Waals surface area contributed by atoms with E-state index in [1.807, 2.05) is 12.1 Å². The van der Waals surface area contributed by atoms with Gasteiger partial charge in [0, 0.05) is 38.4 Å². The summed E-state index contributed by atoms with van der Waals surface area (Å²) in [6.07, 6.45) is 0. The summed E-state index contributed by atoms with van der Waals surface area (Å²) in [5.74, 6) is 0. The Morgan fingerprint density at radius 3 is 2.25 bits per heavy atom. The molecule has 3 nitrogen and oxygen atoms in total. The van der Waals surface area contributed by atoms with Crippen molar-refractivity contribution in [2.75, 3.05) is 44.2 Å². The minimum Gasteiger partial charge on any atom is -0.395 e. The lowest BCUT2D eigenvalue weighted by atomic mass is 9.96. The minimum atomic E-state index is 0.252. The standard InChI is InChI=1S/C12H17BN2O/c13-11-1-3-12(4-2-11)15-7-5-14(6-8-15)9-10-16/h1-4,16H,5-10H2. The molecule has 0 saturated carbocycles. The Morgan fingerprint density at radius 1 is 1.06 bits per heavy atom. The first-order valence-corrected chi connectivity index (χ1v) is 5.73. The molecule has 0 spiro atoms. The minimum absolute atomic E-state index is 0.252. The van der Waals surface area contributed by atoms with E-state index in [4.69, 9.17) is 13.0 Å². The van der Waals surface area contributed by atoms with Crippen molar-refractivity contribution in [2.45, 2.75) is 0 Å². The average Bonchev–Trinajstić information content (AvgIpc) is 2.32. The molecule has 4 heteroatoms. The highest BCUT2D eigenvalue weighted by molar-refractivity contribution is 6.32. The fourth-order valence-electron chi connectivity index (χ4n) is 2.06. The second-order valence-corrected chi connectivity index (χ2v) is 4.14. The second kappa shape index (κ2) is 5.37. The van der Waals surface area contributed by atoms with Crippen molar-refractivity contribution in [3.63, 3.8) is 0 Å². The maximum absolute atomic E-state index is 8.86. The largest absolute Gasteiger partial charge is 0.395 e. The fraction of sp³-hybridized carbons (Fsp3) is 0.500. The van der Waals surface area contributed by atoms with Gasteiger partial charge >= 0.3 is 0 Å². The van der Waals surface area contributed by atoms with Crippen LogP contribution in [0.15, 0.2) is 24.3 Å². The maximum Gasteiger partial charge on any atom is 0.113 e. The summed E-state index contributed by atoms with van der Waals surface area (Å²) < 4.78 is 0. The first-order chi connectivity index (χ1) is 7.79. The third kappa shape index (κ3) is 2.77. The van der Waals surface area contributed by atoms with Gasteiger partial charge in [-0.2, -0.15) is 0 Å². The predicted molar refractivity (Wildman–Crippen MR) is 67.6 cm³/mol. The molecule has 2 rings (SSSR count). The Bertz CT molecular complexity index is 320. The molecule has 0 unspecified atom stereocenters. The molecule has 1 aromatic rings. The predicted octanol–water partition coefficient (Wildman–Crippen LogP) is -0.405. The van der Waals surface area contributed by atoms with E-state index in [2.05, 4.69) is 21.9 Å². The van der Waals surface area contributed by atoms with Crippen LogP contribution in [-0.2, 0) is 0 Å². The van der Waals surface area contributed by atoms with Crippen molar-refractivity contribution in [1.29, 1.82) is 0 Å².